The smallest absolute Gasteiger partial charge is 0.134 e. The summed E-state index contributed by atoms with van der Waals surface area (Å²) in [6.07, 6.45) is 0. The zero-order valence-corrected chi connectivity index (χ0v) is 11.1. The van der Waals surface area contributed by atoms with Crippen molar-refractivity contribution in [2.45, 2.75) is 26.4 Å². The van der Waals surface area contributed by atoms with Crippen LogP contribution in [0.4, 0.5) is 0 Å². The van der Waals surface area contributed by atoms with E-state index in [4.69, 9.17) is 4.42 Å². The van der Waals surface area contributed by atoms with Crippen molar-refractivity contribution in [2.24, 2.45) is 0 Å². The molecule has 3 rings (SSSR count). The van der Waals surface area contributed by atoms with Gasteiger partial charge in [-0.1, -0.05) is 18.2 Å². The van der Waals surface area contributed by atoms with Gasteiger partial charge in [0.15, 0.2) is 0 Å². The number of fused-ring (bicyclic) bond motifs is 1. The second kappa shape index (κ2) is 4.75. The fourth-order valence-electron chi connectivity index (χ4n) is 2.80. The molecule has 0 saturated carbocycles. The van der Waals surface area contributed by atoms with Crippen molar-refractivity contribution in [2.75, 3.05) is 19.6 Å². The molecule has 1 atom stereocenters. The lowest BCUT2D eigenvalue weighted by Gasteiger charge is -2.31. The lowest BCUT2D eigenvalue weighted by molar-refractivity contribution is 0.199. The van der Waals surface area contributed by atoms with Crippen molar-refractivity contribution in [1.82, 2.24) is 10.2 Å². The number of piperazine rings is 1. The van der Waals surface area contributed by atoms with E-state index in [9.17, 15) is 0 Å². The molecule has 1 saturated heterocycles. The van der Waals surface area contributed by atoms with Gasteiger partial charge in [0.2, 0.25) is 0 Å². The highest BCUT2D eigenvalue weighted by atomic mass is 16.3. The molecule has 96 valence electrons. The first-order valence-corrected chi connectivity index (χ1v) is 6.67. The van der Waals surface area contributed by atoms with Crippen molar-refractivity contribution in [3.8, 4) is 0 Å². The lowest BCUT2D eigenvalue weighted by atomic mass is 10.1. The summed E-state index contributed by atoms with van der Waals surface area (Å²) in [7, 11) is 0. The number of hydrogen-bond donors (Lipinski definition) is 1. The topological polar surface area (TPSA) is 28.4 Å². The zero-order chi connectivity index (χ0) is 12.5. The van der Waals surface area contributed by atoms with Crippen molar-refractivity contribution in [3.63, 3.8) is 0 Å². The SMILES string of the molecule is Cc1oc2ccccc2c1CN1CCN[C@H](C)C1. The quantitative estimate of drug-likeness (QED) is 0.880. The fourth-order valence-corrected chi connectivity index (χ4v) is 2.80. The highest BCUT2D eigenvalue weighted by molar-refractivity contribution is 5.82. The van der Waals surface area contributed by atoms with Crippen LogP contribution in [0.25, 0.3) is 11.0 Å². The Morgan fingerprint density at radius 1 is 1.39 bits per heavy atom. The van der Waals surface area contributed by atoms with Gasteiger partial charge in [-0.25, -0.2) is 0 Å². The van der Waals surface area contributed by atoms with E-state index in [-0.39, 0.29) is 0 Å². The van der Waals surface area contributed by atoms with Crippen LogP contribution >= 0.6 is 0 Å². The third-order valence-electron chi connectivity index (χ3n) is 3.73. The monoisotopic (exact) mass is 244 g/mol. The highest BCUT2D eigenvalue weighted by Gasteiger charge is 2.19. The number of benzene rings is 1. The van der Waals surface area contributed by atoms with Crippen LogP contribution in [-0.2, 0) is 6.54 Å². The van der Waals surface area contributed by atoms with Gasteiger partial charge < -0.3 is 9.73 Å². The summed E-state index contributed by atoms with van der Waals surface area (Å²) in [6, 6.07) is 8.90. The number of hydrogen-bond acceptors (Lipinski definition) is 3. The maximum Gasteiger partial charge on any atom is 0.134 e. The Bertz CT molecular complexity index is 546. The Morgan fingerprint density at radius 3 is 3.06 bits per heavy atom. The van der Waals surface area contributed by atoms with E-state index in [2.05, 4.69) is 36.2 Å². The Hall–Kier alpha value is -1.32. The molecule has 2 aromatic rings. The average molecular weight is 244 g/mol. The predicted molar refractivity (Wildman–Crippen MR) is 73.7 cm³/mol. The average Bonchev–Trinajstić information content (AvgIpc) is 2.66. The van der Waals surface area contributed by atoms with Crippen molar-refractivity contribution >= 4 is 11.0 Å². The molecule has 1 aromatic heterocycles. The minimum absolute atomic E-state index is 0.581. The molecule has 1 N–H and O–H groups in total. The van der Waals surface area contributed by atoms with Crippen LogP contribution in [0.1, 0.15) is 18.2 Å². The molecular formula is C15H20N2O. The van der Waals surface area contributed by atoms with Gasteiger partial charge in [-0.3, -0.25) is 4.90 Å². The van der Waals surface area contributed by atoms with Gasteiger partial charge in [-0.05, 0) is 19.9 Å². The summed E-state index contributed by atoms with van der Waals surface area (Å²) in [5.74, 6) is 1.06. The summed E-state index contributed by atoms with van der Waals surface area (Å²) in [5, 5.41) is 4.74. The van der Waals surface area contributed by atoms with Gasteiger partial charge in [0, 0.05) is 43.2 Å². The van der Waals surface area contributed by atoms with E-state index in [1.807, 2.05) is 12.1 Å². The van der Waals surface area contributed by atoms with Crippen LogP contribution in [0.3, 0.4) is 0 Å². The van der Waals surface area contributed by atoms with E-state index >= 15 is 0 Å². The second-order valence-corrected chi connectivity index (χ2v) is 5.22. The van der Waals surface area contributed by atoms with E-state index in [1.54, 1.807) is 0 Å². The van der Waals surface area contributed by atoms with Crippen molar-refractivity contribution in [1.29, 1.82) is 0 Å². The number of furan rings is 1. The predicted octanol–water partition coefficient (Wildman–Crippen LogP) is 2.53. The Labute approximate surface area is 108 Å². The Morgan fingerprint density at radius 2 is 2.22 bits per heavy atom. The molecule has 0 amide bonds. The highest BCUT2D eigenvalue weighted by Crippen LogP contribution is 2.26. The molecule has 18 heavy (non-hydrogen) atoms. The van der Waals surface area contributed by atoms with Crippen LogP contribution in [0.2, 0.25) is 0 Å². The van der Waals surface area contributed by atoms with Gasteiger partial charge in [-0.2, -0.15) is 0 Å². The fraction of sp³-hybridized carbons (Fsp3) is 0.467. The largest absolute Gasteiger partial charge is 0.461 e. The van der Waals surface area contributed by atoms with Gasteiger partial charge in [0.1, 0.15) is 11.3 Å². The minimum atomic E-state index is 0.581. The third kappa shape index (κ3) is 2.16. The van der Waals surface area contributed by atoms with Crippen LogP contribution in [-0.4, -0.2) is 30.6 Å². The molecule has 1 aliphatic heterocycles. The van der Waals surface area contributed by atoms with E-state index < -0.39 is 0 Å². The Kier molecular flexibility index (Phi) is 3.10. The normalized spacial score (nSPS) is 21.6. The number of nitrogens with zero attached hydrogens (tertiary/aromatic N) is 1. The first-order valence-electron chi connectivity index (χ1n) is 6.67. The summed E-state index contributed by atoms with van der Waals surface area (Å²) in [5.41, 5.74) is 2.35. The third-order valence-corrected chi connectivity index (χ3v) is 3.73. The minimum Gasteiger partial charge on any atom is -0.461 e. The molecule has 1 aromatic carbocycles. The van der Waals surface area contributed by atoms with Crippen LogP contribution in [0, 0.1) is 6.92 Å². The van der Waals surface area contributed by atoms with Gasteiger partial charge in [-0.15, -0.1) is 0 Å². The summed E-state index contributed by atoms with van der Waals surface area (Å²) < 4.78 is 5.83. The summed E-state index contributed by atoms with van der Waals surface area (Å²) >= 11 is 0. The van der Waals surface area contributed by atoms with Gasteiger partial charge in [0.05, 0.1) is 0 Å². The molecule has 3 heteroatoms. The van der Waals surface area contributed by atoms with Gasteiger partial charge in [0.25, 0.3) is 0 Å². The Balaban J connectivity index is 1.87. The number of nitrogens with one attached hydrogen (secondary N) is 1. The van der Waals surface area contributed by atoms with E-state index in [0.717, 1.165) is 37.5 Å². The maximum atomic E-state index is 5.83. The first-order chi connectivity index (χ1) is 8.74. The summed E-state index contributed by atoms with van der Waals surface area (Å²) in [6.45, 7) is 8.61. The number of aryl methyl sites for hydroxylation is 1. The lowest BCUT2D eigenvalue weighted by Crippen LogP contribution is -2.48. The number of rotatable bonds is 2. The molecule has 0 radical (unpaired) electrons. The standard InChI is InChI=1S/C15H20N2O/c1-11-9-17(8-7-16-11)10-14-12(2)18-15-6-4-3-5-13(14)15/h3-6,11,16H,7-10H2,1-2H3/t11-/m1/s1. The summed E-state index contributed by atoms with van der Waals surface area (Å²) in [4.78, 5) is 2.51. The second-order valence-electron chi connectivity index (χ2n) is 5.22. The molecule has 0 spiro atoms. The number of para-hydroxylation sites is 1. The molecule has 3 nitrogen and oxygen atoms in total. The van der Waals surface area contributed by atoms with Crippen LogP contribution < -0.4 is 5.32 Å². The molecular weight excluding hydrogens is 224 g/mol. The van der Waals surface area contributed by atoms with Crippen molar-refractivity contribution < 1.29 is 4.42 Å². The van der Waals surface area contributed by atoms with E-state index in [1.165, 1.54) is 10.9 Å². The molecule has 1 aliphatic rings. The zero-order valence-electron chi connectivity index (χ0n) is 11.1. The van der Waals surface area contributed by atoms with Crippen LogP contribution in [0.15, 0.2) is 28.7 Å². The molecule has 0 aliphatic carbocycles. The van der Waals surface area contributed by atoms with E-state index in [0.29, 0.717) is 6.04 Å². The first kappa shape index (κ1) is 11.8. The molecule has 0 bridgehead atoms. The van der Waals surface area contributed by atoms with Gasteiger partial charge >= 0.3 is 0 Å². The maximum absolute atomic E-state index is 5.83. The van der Waals surface area contributed by atoms with Crippen molar-refractivity contribution in [3.05, 3.63) is 35.6 Å². The molecule has 1 fully saturated rings. The molecule has 0 unspecified atom stereocenters. The van der Waals surface area contributed by atoms with Crippen LogP contribution in [0.5, 0.6) is 0 Å². The molecule has 2 heterocycles.